The zero-order valence-electron chi connectivity index (χ0n) is 23.3. The van der Waals surface area contributed by atoms with Gasteiger partial charge in [0.2, 0.25) is 0 Å². The molecular weight excluding hydrogens is 584 g/mol. The molecule has 1 saturated heterocycles. The highest BCUT2D eigenvalue weighted by Gasteiger charge is 2.51. The van der Waals surface area contributed by atoms with E-state index < -0.39 is 24.6 Å². The predicted octanol–water partition coefficient (Wildman–Crippen LogP) is 6.64. The van der Waals surface area contributed by atoms with E-state index in [4.69, 9.17) is 28.4 Å². The molecule has 0 spiro atoms. The molecule has 6 nitrogen and oxygen atoms in total. The van der Waals surface area contributed by atoms with Crippen LogP contribution >= 0.6 is 15.9 Å². The molecule has 3 aromatic rings. The van der Waals surface area contributed by atoms with Gasteiger partial charge < -0.3 is 28.4 Å². The van der Waals surface area contributed by atoms with Gasteiger partial charge in [-0.25, -0.2) is 0 Å². The average Bonchev–Trinajstić information content (AvgIpc) is 3.37. The van der Waals surface area contributed by atoms with E-state index in [-0.39, 0.29) is 10.9 Å². The molecule has 41 heavy (non-hydrogen) atoms. The lowest BCUT2D eigenvalue weighted by molar-refractivity contribution is -0.153. The first-order valence-electron chi connectivity index (χ1n) is 13.9. The van der Waals surface area contributed by atoms with Crippen molar-refractivity contribution in [2.45, 2.75) is 55.4 Å². The molecule has 0 bridgehead atoms. The van der Waals surface area contributed by atoms with Crippen LogP contribution in [0.15, 0.2) is 116 Å². The predicted molar refractivity (Wildman–Crippen MR) is 164 cm³/mol. The largest absolute Gasteiger partial charge is 0.374 e. The molecule has 0 amide bonds. The van der Waals surface area contributed by atoms with Gasteiger partial charge in [-0.05, 0) is 16.7 Å². The van der Waals surface area contributed by atoms with Crippen LogP contribution in [0, 0.1) is 0 Å². The highest BCUT2D eigenvalue weighted by atomic mass is 79.9. The highest BCUT2D eigenvalue weighted by Crippen LogP contribution is 2.35. The Balaban J connectivity index is 1.56. The molecule has 1 heterocycles. The fraction of sp³-hybridized carbons (Fsp3) is 0.353. The van der Waals surface area contributed by atoms with Crippen LogP contribution < -0.4 is 0 Å². The van der Waals surface area contributed by atoms with Gasteiger partial charge in [0.1, 0.15) is 24.4 Å². The summed E-state index contributed by atoms with van der Waals surface area (Å²) in [6, 6.07) is 30.2. The Morgan fingerprint density at radius 1 is 0.683 bits per heavy atom. The van der Waals surface area contributed by atoms with Crippen molar-refractivity contribution in [1.29, 1.82) is 0 Å². The second-order valence-corrected chi connectivity index (χ2v) is 10.8. The van der Waals surface area contributed by atoms with E-state index in [0.717, 1.165) is 16.7 Å². The van der Waals surface area contributed by atoms with E-state index >= 15 is 0 Å². The van der Waals surface area contributed by atoms with Crippen LogP contribution in [0.2, 0.25) is 0 Å². The molecule has 5 atom stereocenters. The van der Waals surface area contributed by atoms with E-state index in [1.54, 1.807) is 12.2 Å². The second kappa shape index (κ2) is 17.4. The third-order valence-corrected chi connectivity index (χ3v) is 7.59. The quantitative estimate of drug-likeness (QED) is 0.0901. The molecule has 7 heteroatoms. The smallest absolute Gasteiger partial charge is 0.173 e. The molecule has 0 saturated carbocycles. The first-order valence-corrected chi connectivity index (χ1v) is 14.8. The van der Waals surface area contributed by atoms with Crippen molar-refractivity contribution < 1.29 is 28.4 Å². The average molecular weight is 624 g/mol. The van der Waals surface area contributed by atoms with Crippen LogP contribution in [0.4, 0.5) is 0 Å². The Hall–Kier alpha value is -2.62. The molecule has 0 aliphatic carbocycles. The summed E-state index contributed by atoms with van der Waals surface area (Å²) < 4.78 is 37.9. The van der Waals surface area contributed by atoms with Crippen LogP contribution in [-0.4, -0.2) is 55.4 Å². The number of alkyl halides is 1. The van der Waals surface area contributed by atoms with Gasteiger partial charge in [0.25, 0.3) is 0 Å². The number of hydrogen-bond acceptors (Lipinski definition) is 6. The molecule has 0 aromatic heterocycles. The summed E-state index contributed by atoms with van der Waals surface area (Å²) in [7, 11) is 0. The summed E-state index contributed by atoms with van der Waals surface area (Å²) in [5.74, 6) is 0. The minimum atomic E-state index is -0.627. The van der Waals surface area contributed by atoms with Gasteiger partial charge >= 0.3 is 0 Å². The Bertz CT molecular complexity index is 1130. The van der Waals surface area contributed by atoms with Crippen molar-refractivity contribution in [3.8, 4) is 0 Å². The van der Waals surface area contributed by atoms with E-state index in [1.165, 1.54) is 0 Å². The molecule has 1 aliphatic heterocycles. The minimum Gasteiger partial charge on any atom is -0.374 e. The van der Waals surface area contributed by atoms with Crippen LogP contribution in [-0.2, 0) is 48.2 Å². The first-order chi connectivity index (χ1) is 20.2. The molecule has 0 N–H and O–H groups in total. The van der Waals surface area contributed by atoms with Crippen molar-refractivity contribution in [2.24, 2.45) is 0 Å². The third kappa shape index (κ3) is 9.72. The number of benzene rings is 3. The summed E-state index contributed by atoms with van der Waals surface area (Å²) in [4.78, 5) is -0.370. The maximum atomic E-state index is 6.67. The maximum Gasteiger partial charge on any atom is 0.173 e. The van der Waals surface area contributed by atoms with E-state index in [1.807, 2.05) is 91.0 Å². The number of ether oxygens (including phenoxy) is 6. The molecule has 1 fully saturated rings. The van der Waals surface area contributed by atoms with Gasteiger partial charge in [-0.3, -0.25) is 0 Å². The van der Waals surface area contributed by atoms with Gasteiger partial charge in [-0.15, -0.1) is 13.2 Å². The van der Waals surface area contributed by atoms with Gasteiger partial charge in [-0.1, -0.05) is 119 Å². The lowest BCUT2D eigenvalue weighted by atomic mass is 10.0. The number of rotatable bonds is 18. The van der Waals surface area contributed by atoms with Crippen molar-refractivity contribution in [1.82, 2.24) is 0 Å². The molecule has 0 radical (unpaired) electrons. The second-order valence-electron chi connectivity index (χ2n) is 9.72. The van der Waals surface area contributed by atoms with E-state index in [2.05, 4.69) is 29.1 Å². The summed E-state index contributed by atoms with van der Waals surface area (Å²) in [5, 5.41) is 0. The third-order valence-electron chi connectivity index (χ3n) is 6.64. The molecule has 2 unspecified atom stereocenters. The van der Waals surface area contributed by atoms with Crippen LogP contribution in [0.5, 0.6) is 0 Å². The summed E-state index contributed by atoms with van der Waals surface area (Å²) in [6.45, 7) is 9.82. The van der Waals surface area contributed by atoms with Crippen LogP contribution in [0.25, 0.3) is 0 Å². The maximum absolute atomic E-state index is 6.67. The Morgan fingerprint density at radius 2 is 1.15 bits per heavy atom. The number of hydrogen-bond donors (Lipinski definition) is 0. The lowest BCUT2D eigenvalue weighted by Crippen LogP contribution is -2.45. The number of halogens is 1. The standard InChI is InChI=1S/C34H39BrO6/c1-3-20-37-34(38-21-4-2)30(35)32-33(40-24-28-18-12-7-13-19-28)31(39-23-27-16-10-6-11-17-27)29(41-32)25-36-22-26-14-8-5-9-15-26/h3-19,29-34H,1-2,20-25H2/t29-,30?,31-,32?,33+/m1/s1. The first kappa shape index (κ1) is 31.3. The normalized spacial score (nSPS) is 21.1. The van der Waals surface area contributed by atoms with Crippen LogP contribution in [0.3, 0.4) is 0 Å². The Morgan fingerprint density at radius 3 is 1.63 bits per heavy atom. The lowest BCUT2D eigenvalue weighted by Gasteiger charge is -2.30. The van der Waals surface area contributed by atoms with Crippen molar-refractivity contribution in [3.05, 3.63) is 133 Å². The van der Waals surface area contributed by atoms with Crippen molar-refractivity contribution in [2.75, 3.05) is 19.8 Å². The van der Waals surface area contributed by atoms with Gasteiger partial charge in [0.05, 0.1) is 44.5 Å². The molecule has 4 rings (SSSR count). The summed E-state index contributed by atoms with van der Waals surface area (Å²) >= 11 is 3.83. The molecular formula is C34H39BrO6. The van der Waals surface area contributed by atoms with Gasteiger partial charge in [-0.2, -0.15) is 0 Å². The fourth-order valence-corrected chi connectivity index (χ4v) is 5.38. The van der Waals surface area contributed by atoms with Crippen molar-refractivity contribution in [3.63, 3.8) is 0 Å². The highest BCUT2D eigenvalue weighted by molar-refractivity contribution is 9.09. The molecule has 3 aromatic carbocycles. The van der Waals surface area contributed by atoms with E-state index in [9.17, 15) is 0 Å². The van der Waals surface area contributed by atoms with Gasteiger partial charge in [0.15, 0.2) is 6.29 Å². The SMILES string of the molecule is C=CCOC(OCC=C)C(Br)C1O[C@H](COCc2ccccc2)[C@@H](OCc2ccccc2)[C@@H]1OCc1ccccc1. The van der Waals surface area contributed by atoms with Gasteiger partial charge in [0, 0.05) is 0 Å². The summed E-state index contributed by atoms with van der Waals surface area (Å²) in [6.07, 6.45) is 1.08. The topological polar surface area (TPSA) is 55.4 Å². The molecule has 218 valence electrons. The zero-order valence-corrected chi connectivity index (χ0v) is 24.8. The Labute approximate surface area is 252 Å². The Kier molecular flexibility index (Phi) is 13.3. The summed E-state index contributed by atoms with van der Waals surface area (Å²) in [5.41, 5.74) is 3.22. The monoisotopic (exact) mass is 622 g/mol. The molecule has 1 aliphatic rings. The van der Waals surface area contributed by atoms with Crippen molar-refractivity contribution >= 4 is 15.9 Å². The minimum absolute atomic E-state index is 0.323. The van der Waals surface area contributed by atoms with E-state index in [0.29, 0.717) is 39.6 Å². The fourth-order valence-electron chi connectivity index (χ4n) is 4.65. The zero-order chi connectivity index (χ0) is 28.7. The van der Waals surface area contributed by atoms with Crippen LogP contribution in [0.1, 0.15) is 16.7 Å².